The maximum Gasteiger partial charge on any atom is 0.0868 e. The first-order valence-corrected chi connectivity index (χ1v) is 4.92. The molecule has 1 N–H and O–H groups in total. The maximum atomic E-state index is 10.1. The van der Waals surface area contributed by atoms with Crippen LogP contribution in [-0.4, -0.2) is 5.11 Å². The molecule has 1 atom stereocenters. The van der Waals surface area contributed by atoms with E-state index in [-0.39, 0.29) is 0 Å². The third kappa shape index (κ3) is 2.10. The Morgan fingerprint density at radius 1 is 1.23 bits per heavy atom. The van der Waals surface area contributed by atoms with Crippen molar-refractivity contribution in [3.63, 3.8) is 0 Å². The minimum atomic E-state index is -0.674. The predicted molar refractivity (Wildman–Crippen MR) is 55.7 cm³/mol. The molecule has 13 heavy (non-hydrogen) atoms. The van der Waals surface area contributed by atoms with E-state index in [0.717, 1.165) is 18.4 Å². The summed E-state index contributed by atoms with van der Waals surface area (Å²) < 4.78 is 0. The molecule has 0 aliphatic carbocycles. The van der Waals surface area contributed by atoms with Crippen molar-refractivity contribution >= 4 is 0 Å². The summed E-state index contributed by atoms with van der Waals surface area (Å²) in [7, 11) is 0. The summed E-state index contributed by atoms with van der Waals surface area (Å²) in [5.41, 5.74) is 1.64. The second-order valence-corrected chi connectivity index (χ2v) is 3.64. The zero-order chi connectivity index (χ0) is 9.90. The number of aliphatic hydroxyl groups is 1. The summed E-state index contributed by atoms with van der Waals surface area (Å²) in [6.45, 7) is 6.00. The van der Waals surface area contributed by atoms with Crippen LogP contribution in [0.1, 0.15) is 38.3 Å². The molecule has 0 saturated carbocycles. The minimum Gasteiger partial charge on any atom is -0.385 e. The fourth-order valence-electron chi connectivity index (χ4n) is 1.54. The van der Waals surface area contributed by atoms with E-state index in [2.05, 4.69) is 13.0 Å². The van der Waals surface area contributed by atoms with Gasteiger partial charge < -0.3 is 5.11 Å². The fourth-order valence-corrected chi connectivity index (χ4v) is 1.54. The summed E-state index contributed by atoms with van der Waals surface area (Å²) in [6, 6.07) is 8.11. The van der Waals surface area contributed by atoms with Crippen molar-refractivity contribution < 1.29 is 5.11 Å². The van der Waals surface area contributed by atoms with Gasteiger partial charge in [0.25, 0.3) is 0 Å². The molecule has 72 valence electrons. The minimum absolute atomic E-state index is 0.674. The zero-order valence-corrected chi connectivity index (χ0v) is 8.67. The van der Waals surface area contributed by atoms with E-state index in [4.69, 9.17) is 0 Å². The molecule has 0 aliphatic heterocycles. The molecular formula is C12H18O. The molecule has 0 unspecified atom stereocenters. The van der Waals surface area contributed by atoms with Gasteiger partial charge in [-0.25, -0.2) is 0 Å². The average Bonchev–Trinajstić information content (AvgIpc) is 2.18. The Bertz CT molecular complexity index is 276. The van der Waals surface area contributed by atoms with E-state index in [0.29, 0.717) is 0 Å². The van der Waals surface area contributed by atoms with Gasteiger partial charge in [0, 0.05) is 0 Å². The third-order valence-corrected chi connectivity index (χ3v) is 2.67. The summed E-state index contributed by atoms with van der Waals surface area (Å²) >= 11 is 0. The topological polar surface area (TPSA) is 20.2 Å². The molecule has 0 fully saturated rings. The van der Waals surface area contributed by atoms with Crippen molar-refractivity contribution in [1.82, 2.24) is 0 Å². The van der Waals surface area contributed by atoms with Gasteiger partial charge in [0.1, 0.15) is 0 Å². The first-order chi connectivity index (χ1) is 6.11. The molecule has 0 saturated heterocycles. The largest absolute Gasteiger partial charge is 0.385 e. The number of aryl methyl sites for hydroxylation is 1. The smallest absolute Gasteiger partial charge is 0.0868 e. The monoisotopic (exact) mass is 178 g/mol. The Hall–Kier alpha value is -0.820. The third-order valence-electron chi connectivity index (χ3n) is 2.67. The average molecular weight is 178 g/mol. The highest BCUT2D eigenvalue weighted by molar-refractivity contribution is 5.31. The highest BCUT2D eigenvalue weighted by atomic mass is 16.3. The molecule has 0 heterocycles. The van der Waals surface area contributed by atoms with Crippen LogP contribution in [-0.2, 0) is 12.0 Å². The van der Waals surface area contributed by atoms with E-state index < -0.39 is 5.60 Å². The first-order valence-electron chi connectivity index (χ1n) is 4.92. The van der Waals surface area contributed by atoms with Gasteiger partial charge in [-0.05, 0) is 30.9 Å². The Morgan fingerprint density at radius 3 is 2.38 bits per heavy atom. The number of benzene rings is 1. The lowest BCUT2D eigenvalue weighted by molar-refractivity contribution is 0.0522. The fraction of sp³-hybridized carbons (Fsp3) is 0.500. The molecule has 1 aromatic rings. The van der Waals surface area contributed by atoms with Crippen molar-refractivity contribution in [2.75, 3.05) is 0 Å². The van der Waals surface area contributed by atoms with Crippen LogP contribution < -0.4 is 0 Å². The van der Waals surface area contributed by atoms with Crippen LogP contribution in [0.3, 0.4) is 0 Å². The van der Waals surface area contributed by atoms with Crippen LogP contribution in [0, 0.1) is 0 Å². The summed E-state index contributed by atoms with van der Waals surface area (Å²) in [4.78, 5) is 0. The lowest BCUT2D eigenvalue weighted by Crippen LogP contribution is -2.21. The van der Waals surface area contributed by atoms with E-state index in [9.17, 15) is 5.11 Å². The molecule has 0 spiro atoms. The van der Waals surface area contributed by atoms with Crippen LogP contribution in [0.25, 0.3) is 0 Å². The quantitative estimate of drug-likeness (QED) is 0.754. The van der Waals surface area contributed by atoms with Gasteiger partial charge in [-0.3, -0.25) is 0 Å². The van der Waals surface area contributed by atoms with Gasteiger partial charge in [0.15, 0.2) is 0 Å². The van der Waals surface area contributed by atoms with Crippen LogP contribution >= 0.6 is 0 Å². The maximum absolute atomic E-state index is 10.1. The highest BCUT2D eigenvalue weighted by Crippen LogP contribution is 2.27. The molecule has 1 nitrogen and oxygen atoms in total. The van der Waals surface area contributed by atoms with Crippen molar-refractivity contribution in [3.8, 4) is 0 Å². The van der Waals surface area contributed by atoms with Crippen LogP contribution in [0.15, 0.2) is 24.3 Å². The lowest BCUT2D eigenvalue weighted by Gasteiger charge is -2.24. The molecule has 1 rings (SSSR count). The van der Waals surface area contributed by atoms with E-state index in [1.165, 1.54) is 5.56 Å². The van der Waals surface area contributed by atoms with Crippen LogP contribution in [0.4, 0.5) is 0 Å². The molecule has 0 aliphatic rings. The number of hydrogen-bond acceptors (Lipinski definition) is 1. The van der Waals surface area contributed by atoms with Crippen molar-refractivity contribution in [2.45, 2.75) is 39.2 Å². The molecule has 1 aromatic carbocycles. The van der Waals surface area contributed by atoms with Gasteiger partial charge in [-0.15, -0.1) is 0 Å². The normalized spacial score (nSPS) is 15.4. The molecule has 0 amide bonds. The SMILES string of the molecule is CCc1ccccc1[C@@](C)(O)CC. The van der Waals surface area contributed by atoms with Gasteiger partial charge >= 0.3 is 0 Å². The van der Waals surface area contributed by atoms with Gasteiger partial charge in [0.05, 0.1) is 5.60 Å². The van der Waals surface area contributed by atoms with E-state index in [1.54, 1.807) is 0 Å². The standard InChI is InChI=1S/C12H18O/c1-4-10-8-6-7-9-11(10)12(3,13)5-2/h6-9,13H,4-5H2,1-3H3/t12-/m0/s1. The lowest BCUT2D eigenvalue weighted by atomic mass is 9.88. The molecule has 1 heteroatoms. The Labute approximate surface area is 80.4 Å². The zero-order valence-electron chi connectivity index (χ0n) is 8.67. The van der Waals surface area contributed by atoms with Gasteiger partial charge in [-0.1, -0.05) is 38.1 Å². The Kier molecular flexibility index (Phi) is 3.10. The molecule has 0 aromatic heterocycles. The highest BCUT2D eigenvalue weighted by Gasteiger charge is 2.22. The Balaban J connectivity index is 3.12. The van der Waals surface area contributed by atoms with E-state index in [1.807, 2.05) is 32.0 Å². The number of rotatable bonds is 3. The van der Waals surface area contributed by atoms with Gasteiger partial charge in [-0.2, -0.15) is 0 Å². The predicted octanol–water partition coefficient (Wildman–Crippen LogP) is 2.87. The Morgan fingerprint density at radius 2 is 1.85 bits per heavy atom. The van der Waals surface area contributed by atoms with Crippen LogP contribution in [0.5, 0.6) is 0 Å². The first kappa shape index (κ1) is 10.3. The summed E-state index contributed by atoms with van der Waals surface area (Å²) in [6.07, 6.45) is 1.73. The van der Waals surface area contributed by atoms with Crippen molar-refractivity contribution in [1.29, 1.82) is 0 Å². The van der Waals surface area contributed by atoms with Crippen molar-refractivity contribution in [2.24, 2.45) is 0 Å². The summed E-state index contributed by atoms with van der Waals surface area (Å²) in [5, 5.41) is 10.1. The van der Waals surface area contributed by atoms with Crippen LogP contribution in [0.2, 0.25) is 0 Å². The van der Waals surface area contributed by atoms with E-state index >= 15 is 0 Å². The number of hydrogen-bond donors (Lipinski definition) is 1. The molecule has 0 bridgehead atoms. The molecule has 0 radical (unpaired) electrons. The second kappa shape index (κ2) is 3.93. The second-order valence-electron chi connectivity index (χ2n) is 3.64. The van der Waals surface area contributed by atoms with Crippen molar-refractivity contribution in [3.05, 3.63) is 35.4 Å². The summed E-state index contributed by atoms with van der Waals surface area (Å²) in [5.74, 6) is 0. The molecular weight excluding hydrogens is 160 g/mol. The van der Waals surface area contributed by atoms with Gasteiger partial charge in [0.2, 0.25) is 0 Å².